The second-order valence-electron chi connectivity index (χ2n) is 1.97. The lowest BCUT2D eigenvalue weighted by atomic mass is 10.5. The molecule has 12 heavy (non-hydrogen) atoms. The van der Waals surface area contributed by atoms with Gasteiger partial charge in [-0.2, -0.15) is 0 Å². The molecule has 7 heteroatoms. The van der Waals surface area contributed by atoms with Crippen LogP contribution in [0.2, 0.25) is 5.02 Å². The van der Waals surface area contributed by atoms with Crippen molar-refractivity contribution in [2.45, 2.75) is 4.90 Å². The molecule has 0 bridgehead atoms. The monoisotopic (exact) mass is 226 g/mol. The maximum absolute atomic E-state index is 10.8. The van der Waals surface area contributed by atoms with E-state index >= 15 is 0 Å². The molecule has 0 spiro atoms. The number of rotatable bonds is 1. The first kappa shape index (κ1) is 9.57. The molecule has 0 saturated carbocycles. The van der Waals surface area contributed by atoms with Crippen molar-refractivity contribution in [3.8, 4) is 0 Å². The Morgan fingerprint density at radius 2 is 2.08 bits per heavy atom. The zero-order chi connectivity index (χ0) is 9.35. The molecule has 0 amide bonds. The van der Waals surface area contributed by atoms with Gasteiger partial charge in [0.05, 0.1) is 5.02 Å². The Bertz CT molecular complexity index is 404. The summed E-state index contributed by atoms with van der Waals surface area (Å²) in [6, 6.07) is 1.15. The summed E-state index contributed by atoms with van der Waals surface area (Å²) in [6.45, 7) is 0. The Morgan fingerprint density at radius 3 is 2.50 bits per heavy atom. The minimum absolute atomic E-state index is 0.158. The van der Waals surface area contributed by atoms with Gasteiger partial charge in [0.2, 0.25) is 0 Å². The fourth-order valence-electron chi connectivity index (χ4n) is 0.627. The summed E-state index contributed by atoms with van der Waals surface area (Å²) in [5.41, 5.74) is 5.24. The summed E-state index contributed by atoms with van der Waals surface area (Å²) in [7, 11) is 1.17. The molecule has 1 aromatic rings. The second kappa shape index (κ2) is 3.08. The standard InChI is InChI=1S/C5H4Cl2N2O2S/c6-3-1-4(12(7,10)11)5(8)9-2-3/h1-2H,(H2,8,9). The summed E-state index contributed by atoms with van der Waals surface area (Å²) in [6.07, 6.45) is 1.24. The fraction of sp³-hybridized carbons (Fsp3) is 0. The van der Waals surface area contributed by atoms with Crippen LogP contribution < -0.4 is 5.73 Å². The van der Waals surface area contributed by atoms with E-state index in [1.165, 1.54) is 6.20 Å². The highest BCUT2D eigenvalue weighted by Crippen LogP contribution is 2.22. The molecule has 0 fully saturated rings. The van der Waals surface area contributed by atoms with Crippen LogP contribution in [-0.2, 0) is 9.05 Å². The Morgan fingerprint density at radius 1 is 1.50 bits per heavy atom. The predicted octanol–water partition coefficient (Wildman–Crippen LogP) is 1.24. The molecule has 66 valence electrons. The number of pyridine rings is 1. The van der Waals surface area contributed by atoms with Gasteiger partial charge in [0.15, 0.2) is 0 Å². The normalized spacial score (nSPS) is 11.5. The number of nitrogens with two attached hydrogens (primary N) is 1. The van der Waals surface area contributed by atoms with Gasteiger partial charge in [-0.25, -0.2) is 13.4 Å². The average Bonchev–Trinajstić information content (AvgIpc) is 1.92. The Labute approximate surface area is 78.7 Å². The molecule has 0 aromatic carbocycles. The van der Waals surface area contributed by atoms with Gasteiger partial charge in [-0.1, -0.05) is 11.6 Å². The molecule has 4 nitrogen and oxygen atoms in total. The Balaban J connectivity index is 3.43. The van der Waals surface area contributed by atoms with Crippen molar-refractivity contribution in [2.75, 3.05) is 5.73 Å². The van der Waals surface area contributed by atoms with E-state index in [-0.39, 0.29) is 15.7 Å². The van der Waals surface area contributed by atoms with Gasteiger partial charge >= 0.3 is 0 Å². The molecule has 0 radical (unpaired) electrons. The first-order chi connectivity index (χ1) is 5.41. The van der Waals surface area contributed by atoms with E-state index in [0.717, 1.165) is 6.07 Å². The molecule has 1 aromatic heterocycles. The highest BCUT2D eigenvalue weighted by molar-refractivity contribution is 8.13. The van der Waals surface area contributed by atoms with Crippen LogP contribution in [0.25, 0.3) is 0 Å². The van der Waals surface area contributed by atoms with Crippen LogP contribution in [0.5, 0.6) is 0 Å². The summed E-state index contributed by atoms with van der Waals surface area (Å²) < 4.78 is 21.6. The summed E-state index contributed by atoms with van der Waals surface area (Å²) in [5.74, 6) is -0.158. The lowest BCUT2D eigenvalue weighted by Gasteiger charge is -1.99. The maximum atomic E-state index is 10.8. The van der Waals surface area contributed by atoms with Crippen LogP contribution in [0, 0.1) is 0 Å². The van der Waals surface area contributed by atoms with Crippen LogP contribution in [0.1, 0.15) is 0 Å². The maximum Gasteiger partial charge on any atom is 0.265 e. The van der Waals surface area contributed by atoms with Gasteiger partial charge in [0.1, 0.15) is 10.7 Å². The van der Waals surface area contributed by atoms with E-state index in [2.05, 4.69) is 4.98 Å². The van der Waals surface area contributed by atoms with E-state index in [1.807, 2.05) is 0 Å². The Kier molecular flexibility index (Phi) is 2.46. The summed E-state index contributed by atoms with van der Waals surface area (Å²) >= 11 is 5.48. The van der Waals surface area contributed by atoms with Gasteiger partial charge in [0.25, 0.3) is 9.05 Å². The topological polar surface area (TPSA) is 73.0 Å². The molecular weight excluding hydrogens is 223 g/mol. The number of aromatic nitrogens is 1. The summed E-state index contributed by atoms with van der Waals surface area (Å²) in [5, 5.41) is 0.170. The number of hydrogen-bond donors (Lipinski definition) is 1. The van der Waals surface area contributed by atoms with Crippen molar-refractivity contribution in [3.63, 3.8) is 0 Å². The molecule has 2 N–H and O–H groups in total. The van der Waals surface area contributed by atoms with E-state index in [0.29, 0.717) is 0 Å². The van der Waals surface area contributed by atoms with Crippen molar-refractivity contribution in [1.82, 2.24) is 4.98 Å². The number of hydrogen-bond acceptors (Lipinski definition) is 4. The van der Waals surface area contributed by atoms with E-state index < -0.39 is 9.05 Å². The molecule has 0 saturated heterocycles. The first-order valence-corrected chi connectivity index (χ1v) is 5.45. The lowest BCUT2D eigenvalue weighted by Crippen LogP contribution is -2.00. The molecule has 0 atom stereocenters. The molecule has 0 aliphatic carbocycles. The zero-order valence-corrected chi connectivity index (χ0v) is 7.99. The van der Waals surface area contributed by atoms with Crippen molar-refractivity contribution in [3.05, 3.63) is 17.3 Å². The van der Waals surface area contributed by atoms with Crippen LogP contribution in [-0.4, -0.2) is 13.4 Å². The number of nitrogens with zero attached hydrogens (tertiary/aromatic N) is 1. The van der Waals surface area contributed by atoms with Crippen LogP contribution >= 0.6 is 22.3 Å². The van der Waals surface area contributed by atoms with Crippen molar-refractivity contribution in [2.24, 2.45) is 0 Å². The van der Waals surface area contributed by atoms with Crippen LogP contribution in [0.4, 0.5) is 5.82 Å². The van der Waals surface area contributed by atoms with E-state index in [4.69, 9.17) is 28.0 Å². The van der Waals surface area contributed by atoms with Crippen molar-refractivity contribution < 1.29 is 8.42 Å². The van der Waals surface area contributed by atoms with Crippen LogP contribution in [0.15, 0.2) is 17.2 Å². The SMILES string of the molecule is Nc1ncc(Cl)cc1S(=O)(=O)Cl. The summed E-state index contributed by atoms with van der Waals surface area (Å²) in [4.78, 5) is 3.26. The van der Waals surface area contributed by atoms with Gasteiger partial charge < -0.3 is 5.73 Å². The number of nitrogen functional groups attached to an aromatic ring is 1. The van der Waals surface area contributed by atoms with Gasteiger partial charge in [-0.15, -0.1) is 0 Å². The second-order valence-corrected chi connectivity index (χ2v) is 4.95. The number of anilines is 1. The van der Waals surface area contributed by atoms with Gasteiger partial charge in [0, 0.05) is 16.9 Å². The van der Waals surface area contributed by atoms with Crippen molar-refractivity contribution in [1.29, 1.82) is 0 Å². The van der Waals surface area contributed by atoms with Gasteiger partial charge in [-0.05, 0) is 6.07 Å². The quantitative estimate of drug-likeness (QED) is 0.732. The molecule has 0 aliphatic heterocycles. The minimum atomic E-state index is -3.86. The Hall–Kier alpha value is -0.520. The molecule has 0 aliphatic rings. The largest absolute Gasteiger partial charge is 0.383 e. The van der Waals surface area contributed by atoms with Gasteiger partial charge in [-0.3, -0.25) is 0 Å². The molecular formula is C5H4Cl2N2O2S. The highest BCUT2D eigenvalue weighted by Gasteiger charge is 2.15. The van der Waals surface area contributed by atoms with E-state index in [1.54, 1.807) is 0 Å². The minimum Gasteiger partial charge on any atom is -0.383 e. The van der Waals surface area contributed by atoms with Crippen molar-refractivity contribution >= 4 is 37.2 Å². The lowest BCUT2D eigenvalue weighted by molar-refractivity contribution is 0.609. The molecule has 1 rings (SSSR count). The molecule has 0 unspecified atom stereocenters. The third-order valence-electron chi connectivity index (χ3n) is 1.11. The number of halogens is 2. The smallest absolute Gasteiger partial charge is 0.265 e. The van der Waals surface area contributed by atoms with E-state index in [9.17, 15) is 8.42 Å². The first-order valence-electron chi connectivity index (χ1n) is 2.77. The average molecular weight is 227 g/mol. The third kappa shape index (κ3) is 2.00. The third-order valence-corrected chi connectivity index (χ3v) is 2.67. The fourth-order valence-corrected chi connectivity index (χ4v) is 1.79. The zero-order valence-electron chi connectivity index (χ0n) is 5.66. The molecule has 1 heterocycles. The predicted molar refractivity (Wildman–Crippen MR) is 46.7 cm³/mol. The van der Waals surface area contributed by atoms with Crippen LogP contribution in [0.3, 0.4) is 0 Å². The highest BCUT2D eigenvalue weighted by atomic mass is 35.7.